The van der Waals surface area contributed by atoms with Gasteiger partial charge in [0, 0.05) is 10.5 Å². The minimum absolute atomic E-state index is 0.0176. The second-order valence-corrected chi connectivity index (χ2v) is 6.29. The van der Waals surface area contributed by atoms with Crippen LogP contribution in [0.2, 0.25) is 0 Å². The Morgan fingerprint density at radius 3 is 2.42 bits per heavy atom. The fourth-order valence-electron chi connectivity index (χ4n) is 2.49. The number of Topliss-reactive ketones (excluding diaryl/α,β-unsaturated/α-hetero) is 1. The average molecular weight is 270 g/mol. The van der Waals surface area contributed by atoms with Crippen LogP contribution < -0.4 is 0 Å². The van der Waals surface area contributed by atoms with Crippen molar-refractivity contribution in [3.63, 3.8) is 0 Å². The van der Waals surface area contributed by atoms with Crippen LogP contribution in [-0.2, 0) is 17.2 Å². The average Bonchev–Trinajstić information content (AvgIpc) is 2.48. The van der Waals surface area contributed by atoms with Crippen molar-refractivity contribution in [1.82, 2.24) is 0 Å². The highest BCUT2D eigenvalue weighted by Crippen LogP contribution is 2.26. The highest BCUT2D eigenvalue weighted by molar-refractivity contribution is 7.86. The highest BCUT2D eigenvalue weighted by atomic mass is 32.2. The van der Waals surface area contributed by atoms with Gasteiger partial charge in [-0.05, 0) is 30.5 Å². The van der Waals surface area contributed by atoms with Gasteiger partial charge in [-0.1, -0.05) is 42.5 Å². The number of aryl methyl sites for hydroxylation is 1. The van der Waals surface area contributed by atoms with Gasteiger partial charge in [-0.3, -0.25) is 9.00 Å². The van der Waals surface area contributed by atoms with Gasteiger partial charge in [0.2, 0.25) is 0 Å². The second-order valence-electron chi connectivity index (χ2n) is 4.66. The van der Waals surface area contributed by atoms with E-state index in [4.69, 9.17) is 0 Å². The zero-order valence-corrected chi connectivity index (χ0v) is 11.2. The summed E-state index contributed by atoms with van der Waals surface area (Å²) >= 11 is 0. The molecule has 2 aromatic rings. The Morgan fingerprint density at radius 2 is 1.63 bits per heavy atom. The zero-order valence-electron chi connectivity index (χ0n) is 10.4. The molecule has 0 saturated carbocycles. The molecule has 0 saturated heterocycles. The molecule has 1 aliphatic rings. The molecule has 2 atom stereocenters. The number of ketones is 1. The molecule has 1 aliphatic carbocycles. The lowest BCUT2D eigenvalue weighted by molar-refractivity contribution is 0.0978. The number of rotatable bonds is 2. The molecule has 0 bridgehead atoms. The van der Waals surface area contributed by atoms with E-state index < -0.39 is 16.0 Å². The third kappa shape index (κ3) is 2.26. The van der Waals surface area contributed by atoms with Gasteiger partial charge < -0.3 is 0 Å². The molecule has 0 spiro atoms. The smallest absolute Gasteiger partial charge is 0.179 e. The topological polar surface area (TPSA) is 34.1 Å². The highest BCUT2D eigenvalue weighted by Gasteiger charge is 2.32. The lowest BCUT2D eigenvalue weighted by Gasteiger charge is -2.22. The minimum Gasteiger partial charge on any atom is -0.293 e. The standard InChI is InChI=1S/C16H14O2S/c17-16-14-9-5-4-6-12(14)10-11-15(16)19(18)13-7-2-1-3-8-13/h1-9,15H,10-11H2. The van der Waals surface area contributed by atoms with E-state index in [9.17, 15) is 9.00 Å². The van der Waals surface area contributed by atoms with Crippen LogP contribution in [0.4, 0.5) is 0 Å². The molecular weight excluding hydrogens is 256 g/mol. The lowest BCUT2D eigenvalue weighted by atomic mass is 9.90. The molecular formula is C16H14O2S. The van der Waals surface area contributed by atoms with Gasteiger partial charge in [-0.15, -0.1) is 0 Å². The Hall–Kier alpha value is -1.74. The van der Waals surface area contributed by atoms with Crippen LogP contribution in [0.25, 0.3) is 0 Å². The first-order valence-corrected chi connectivity index (χ1v) is 7.56. The summed E-state index contributed by atoms with van der Waals surface area (Å²) in [4.78, 5) is 13.2. The summed E-state index contributed by atoms with van der Waals surface area (Å²) in [5, 5.41) is -0.405. The summed E-state index contributed by atoms with van der Waals surface area (Å²) in [6, 6.07) is 16.9. The second kappa shape index (κ2) is 5.10. The minimum atomic E-state index is -1.26. The van der Waals surface area contributed by atoms with E-state index >= 15 is 0 Å². The molecule has 0 aromatic heterocycles. The first kappa shape index (κ1) is 12.3. The number of hydrogen-bond acceptors (Lipinski definition) is 2. The van der Waals surface area contributed by atoms with Crippen LogP contribution >= 0.6 is 0 Å². The van der Waals surface area contributed by atoms with Crippen LogP contribution in [0.1, 0.15) is 22.3 Å². The summed E-state index contributed by atoms with van der Waals surface area (Å²) in [6.07, 6.45) is 1.49. The van der Waals surface area contributed by atoms with Crippen molar-refractivity contribution in [3.8, 4) is 0 Å². The summed E-state index contributed by atoms with van der Waals surface area (Å²) in [5.74, 6) is 0.0176. The molecule has 19 heavy (non-hydrogen) atoms. The molecule has 0 radical (unpaired) electrons. The van der Waals surface area contributed by atoms with Gasteiger partial charge in [0.25, 0.3) is 0 Å². The number of carbonyl (C=O) groups is 1. The van der Waals surface area contributed by atoms with Crippen LogP contribution in [0.3, 0.4) is 0 Å². The molecule has 0 amide bonds. The van der Waals surface area contributed by atoms with Gasteiger partial charge in [-0.25, -0.2) is 0 Å². The van der Waals surface area contributed by atoms with Crippen LogP contribution in [-0.4, -0.2) is 15.2 Å². The van der Waals surface area contributed by atoms with E-state index in [0.29, 0.717) is 6.42 Å². The zero-order chi connectivity index (χ0) is 13.2. The Kier molecular flexibility index (Phi) is 3.30. The predicted octanol–water partition coefficient (Wildman–Crippen LogP) is 2.99. The number of fused-ring (bicyclic) bond motifs is 1. The van der Waals surface area contributed by atoms with Gasteiger partial charge in [-0.2, -0.15) is 0 Å². The van der Waals surface area contributed by atoms with Crippen LogP contribution in [0.5, 0.6) is 0 Å². The monoisotopic (exact) mass is 270 g/mol. The van der Waals surface area contributed by atoms with Crippen LogP contribution in [0.15, 0.2) is 59.5 Å². The van der Waals surface area contributed by atoms with Gasteiger partial charge in [0.15, 0.2) is 5.78 Å². The predicted molar refractivity (Wildman–Crippen MR) is 75.7 cm³/mol. The molecule has 0 N–H and O–H groups in total. The van der Waals surface area contributed by atoms with E-state index in [0.717, 1.165) is 22.4 Å². The molecule has 0 heterocycles. The molecule has 0 fully saturated rings. The summed E-state index contributed by atoms with van der Waals surface area (Å²) < 4.78 is 12.5. The van der Waals surface area contributed by atoms with Crippen molar-refractivity contribution in [2.24, 2.45) is 0 Å². The Morgan fingerprint density at radius 1 is 0.947 bits per heavy atom. The third-order valence-corrected chi connectivity index (χ3v) is 5.19. The first-order valence-electron chi connectivity index (χ1n) is 6.35. The van der Waals surface area contributed by atoms with E-state index in [1.807, 2.05) is 54.6 Å². The number of hydrogen-bond donors (Lipinski definition) is 0. The van der Waals surface area contributed by atoms with Crippen molar-refractivity contribution < 1.29 is 9.00 Å². The molecule has 2 nitrogen and oxygen atoms in total. The first-order chi connectivity index (χ1) is 9.27. The normalized spacial score (nSPS) is 19.8. The Bertz CT molecular complexity index is 634. The summed E-state index contributed by atoms with van der Waals surface area (Å²) in [7, 11) is -1.26. The fraction of sp³-hybridized carbons (Fsp3) is 0.188. The van der Waals surface area contributed by atoms with E-state index in [1.165, 1.54) is 0 Å². The summed E-state index contributed by atoms with van der Waals surface area (Å²) in [6.45, 7) is 0. The fourth-order valence-corrected chi connectivity index (χ4v) is 3.90. The lowest BCUT2D eigenvalue weighted by Crippen LogP contribution is -2.31. The maximum absolute atomic E-state index is 12.5. The molecule has 2 unspecified atom stereocenters. The van der Waals surface area contributed by atoms with Crippen molar-refractivity contribution in [1.29, 1.82) is 0 Å². The molecule has 96 valence electrons. The van der Waals surface area contributed by atoms with E-state index in [1.54, 1.807) is 0 Å². The van der Waals surface area contributed by atoms with Crippen molar-refractivity contribution in [2.75, 3.05) is 0 Å². The van der Waals surface area contributed by atoms with Gasteiger partial charge >= 0.3 is 0 Å². The third-order valence-electron chi connectivity index (χ3n) is 3.49. The van der Waals surface area contributed by atoms with Crippen molar-refractivity contribution in [3.05, 3.63) is 65.7 Å². The largest absolute Gasteiger partial charge is 0.293 e. The van der Waals surface area contributed by atoms with E-state index in [-0.39, 0.29) is 5.78 Å². The molecule has 2 aromatic carbocycles. The van der Waals surface area contributed by atoms with Crippen LogP contribution in [0, 0.1) is 0 Å². The maximum Gasteiger partial charge on any atom is 0.179 e. The number of carbonyl (C=O) groups excluding carboxylic acids is 1. The summed E-state index contributed by atoms with van der Waals surface area (Å²) in [5.41, 5.74) is 1.82. The van der Waals surface area contributed by atoms with Crippen molar-refractivity contribution in [2.45, 2.75) is 23.0 Å². The Balaban J connectivity index is 1.93. The van der Waals surface area contributed by atoms with Crippen molar-refractivity contribution >= 4 is 16.6 Å². The molecule has 0 aliphatic heterocycles. The quantitative estimate of drug-likeness (QED) is 0.840. The molecule has 3 heteroatoms. The maximum atomic E-state index is 12.5. The van der Waals surface area contributed by atoms with E-state index in [2.05, 4.69) is 0 Å². The molecule has 3 rings (SSSR count). The Labute approximate surface area is 114 Å². The van der Waals surface area contributed by atoms with Gasteiger partial charge in [0.05, 0.1) is 10.8 Å². The number of benzene rings is 2. The van der Waals surface area contributed by atoms with Gasteiger partial charge in [0.1, 0.15) is 5.25 Å². The SMILES string of the molecule is O=C1c2ccccc2CCC1S(=O)c1ccccc1.